The van der Waals surface area contributed by atoms with E-state index < -0.39 is 43.6 Å². The minimum absolute atomic E-state index is 0.429. The molecule has 14 heavy (non-hydrogen) atoms. The van der Waals surface area contributed by atoms with E-state index >= 15 is 0 Å². The number of aliphatic hydroxyl groups excluding tert-OH is 2. The number of aliphatic hydroxyl groups is 2. The minimum atomic E-state index is -1.18. The molecule has 0 aromatic heterocycles. The maximum atomic E-state index is 11.1. The predicted molar refractivity (Wildman–Crippen MR) is 46.3 cm³/mol. The zero-order chi connectivity index (χ0) is 11.1. The number of carboxylic acids is 1. The Morgan fingerprint density at radius 3 is 2.14 bits per heavy atom. The van der Waals surface area contributed by atoms with Crippen molar-refractivity contribution in [3.05, 3.63) is 0 Å². The second-order valence-electron chi connectivity index (χ2n) is 2.78. The molecule has 0 saturated carbocycles. The molecule has 0 saturated heterocycles. The molecule has 0 bridgehead atoms. The number of nitrogens with one attached hydrogen (secondary N) is 1. The number of carboxylic acid groups (broad SMARTS) is 1. The molecule has 0 heterocycles. The molecule has 0 spiro atoms. The Labute approximate surface area is 80.5 Å². The van der Waals surface area contributed by atoms with Crippen molar-refractivity contribution in [2.24, 2.45) is 5.73 Å². The van der Waals surface area contributed by atoms with Gasteiger partial charge in [-0.2, -0.15) is 0 Å². The van der Waals surface area contributed by atoms with Crippen LogP contribution < -0.4 is 11.1 Å². The lowest BCUT2D eigenvalue weighted by Gasteiger charge is -2.16. The fraction of sp³-hybridized carbons (Fsp3) is 0.714. The van der Waals surface area contributed by atoms with Crippen molar-refractivity contribution in [3.63, 3.8) is 0 Å². The van der Waals surface area contributed by atoms with Gasteiger partial charge in [0.05, 0.1) is 31.7 Å². The quantitative estimate of drug-likeness (QED) is 0.320. The number of hydrogen-bond acceptors (Lipinski definition) is 5. The van der Waals surface area contributed by atoms with Gasteiger partial charge in [0, 0.05) is 0 Å². The van der Waals surface area contributed by atoms with Crippen LogP contribution in [0, 0.1) is 0 Å². The van der Waals surface area contributed by atoms with Gasteiger partial charge in [-0.05, 0) is 0 Å². The lowest BCUT2D eigenvalue weighted by molar-refractivity contribution is -0.139. The Bertz CT molecular complexity index is 204. The van der Waals surface area contributed by atoms with E-state index in [2.05, 4.69) is 5.32 Å². The number of carbonyl (C=O) groups excluding carboxylic acids is 1. The van der Waals surface area contributed by atoms with E-state index in [4.69, 9.17) is 21.1 Å². The van der Waals surface area contributed by atoms with Crippen molar-refractivity contribution in [2.75, 3.05) is 13.2 Å². The molecule has 82 valence electrons. The van der Waals surface area contributed by atoms with Crippen LogP contribution >= 0.6 is 0 Å². The van der Waals surface area contributed by atoms with Crippen LogP contribution in [0.4, 0.5) is 0 Å². The Morgan fingerprint density at radius 2 is 1.79 bits per heavy atom. The van der Waals surface area contributed by atoms with Crippen molar-refractivity contribution >= 4 is 11.9 Å². The van der Waals surface area contributed by atoms with Crippen LogP contribution in [-0.4, -0.2) is 52.5 Å². The van der Waals surface area contributed by atoms with Crippen molar-refractivity contribution in [3.8, 4) is 0 Å². The molecular formula is C7H14N2O5. The number of hydrogen-bond donors (Lipinski definition) is 5. The summed E-state index contributed by atoms with van der Waals surface area (Å²) in [4.78, 5) is 21.3. The van der Waals surface area contributed by atoms with E-state index in [0.29, 0.717) is 0 Å². The number of carbonyl (C=O) groups is 2. The summed E-state index contributed by atoms with van der Waals surface area (Å²) in [5.74, 6) is -1.89. The Hall–Kier alpha value is -1.18. The first-order valence-electron chi connectivity index (χ1n) is 4.00. The molecule has 0 aliphatic heterocycles. The SMILES string of the molecule is NC(CC(=O)O)C(=O)NC(CO)CO. The van der Waals surface area contributed by atoms with Crippen molar-refractivity contribution < 1.29 is 24.9 Å². The van der Waals surface area contributed by atoms with Crippen molar-refractivity contribution in [1.82, 2.24) is 5.32 Å². The average molecular weight is 206 g/mol. The van der Waals surface area contributed by atoms with Gasteiger partial charge in [-0.3, -0.25) is 9.59 Å². The lowest BCUT2D eigenvalue weighted by atomic mass is 10.2. The molecule has 0 aliphatic rings. The number of aliphatic carboxylic acids is 1. The summed E-state index contributed by atoms with van der Waals surface area (Å²) in [5, 5.41) is 27.7. The molecule has 0 aliphatic carbocycles. The molecule has 7 nitrogen and oxygen atoms in total. The number of rotatable bonds is 6. The third-order valence-corrected chi connectivity index (χ3v) is 1.52. The van der Waals surface area contributed by atoms with Gasteiger partial charge in [-0.15, -0.1) is 0 Å². The van der Waals surface area contributed by atoms with Gasteiger partial charge in [0.2, 0.25) is 5.91 Å². The monoisotopic (exact) mass is 206 g/mol. The van der Waals surface area contributed by atoms with Crippen LogP contribution in [-0.2, 0) is 9.59 Å². The first-order chi connectivity index (χ1) is 6.51. The van der Waals surface area contributed by atoms with E-state index in [1.54, 1.807) is 0 Å². The second kappa shape index (κ2) is 6.30. The van der Waals surface area contributed by atoms with Gasteiger partial charge < -0.3 is 26.4 Å². The van der Waals surface area contributed by atoms with E-state index in [1.807, 2.05) is 0 Å². The molecule has 1 amide bonds. The van der Waals surface area contributed by atoms with Crippen LogP contribution in [0.15, 0.2) is 0 Å². The summed E-state index contributed by atoms with van der Waals surface area (Å²) in [5.41, 5.74) is 5.22. The van der Waals surface area contributed by atoms with E-state index in [0.717, 1.165) is 0 Å². The highest BCUT2D eigenvalue weighted by molar-refractivity contribution is 5.86. The molecule has 1 atom stereocenters. The second-order valence-corrected chi connectivity index (χ2v) is 2.78. The summed E-state index contributed by atoms with van der Waals surface area (Å²) in [6, 6.07) is -1.98. The van der Waals surface area contributed by atoms with Crippen molar-refractivity contribution in [2.45, 2.75) is 18.5 Å². The molecule has 7 heteroatoms. The normalized spacial score (nSPS) is 12.6. The maximum absolute atomic E-state index is 11.1. The highest BCUT2D eigenvalue weighted by Crippen LogP contribution is 1.90. The Morgan fingerprint density at radius 1 is 1.29 bits per heavy atom. The summed E-state index contributed by atoms with van der Waals surface area (Å²) in [7, 11) is 0. The van der Waals surface area contributed by atoms with E-state index in [9.17, 15) is 9.59 Å². The van der Waals surface area contributed by atoms with Crippen LogP contribution in [0.5, 0.6) is 0 Å². The number of nitrogens with two attached hydrogens (primary N) is 1. The minimum Gasteiger partial charge on any atom is -0.481 e. The van der Waals surface area contributed by atoms with Crippen LogP contribution in [0.25, 0.3) is 0 Å². The molecule has 6 N–H and O–H groups in total. The molecular weight excluding hydrogens is 192 g/mol. The van der Waals surface area contributed by atoms with E-state index in [1.165, 1.54) is 0 Å². The largest absolute Gasteiger partial charge is 0.481 e. The van der Waals surface area contributed by atoms with Gasteiger partial charge >= 0.3 is 5.97 Å². The lowest BCUT2D eigenvalue weighted by Crippen LogP contribution is -2.48. The molecule has 0 aromatic carbocycles. The zero-order valence-corrected chi connectivity index (χ0v) is 7.51. The predicted octanol–water partition coefficient (Wildman–Crippen LogP) is -2.74. The van der Waals surface area contributed by atoms with Gasteiger partial charge in [-0.1, -0.05) is 0 Å². The van der Waals surface area contributed by atoms with Crippen LogP contribution in [0.2, 0.25) is 0 Å². The third-order valence-electron chi connectivity index (χ3n) is 1.52. The summed E-state index contributed by atoms with van der Waals surface area (Å²) >= 11 is 0. The van der Waals surface area contributed by atoms with Crippen LogP contribution in [0.3, 0.4) is 0 Å². The smallest absolute Gasteiger partial charge is 0.305 e. The maximum Gasteiger partial charge on any atom is 0.305 e. The highest BCUT2D eigenvalue weighted by Gasteiger charge is 2.19. The average Bonchev–Trinajstić information content (AvgIpc) is 2.12. The first kappa shape index (κ1) is 12.8. The Balaban J connectivity index is 3.99. The van der Waals surface area contributed by atoms with Gasteiger partial charge in [-0.25, -0.2) is 0 Å². The van der Waals surface area contributed by atoms with Crippen LogP contribution in [0.1, 0.15) is 6.42 Å². The summed E-state index contributed by atoms with van der Waals surface area (Å²) in [6.45, 7) is -0.857. The highest BCUT2D eigenvalue weighted by atomic mass is 16.4. The Kier molecular flexibility index (Phi) is 5.77. The summed E-state index contributed by atoms with van der Waals surface area (Å²) in [6.07, 6.45) is -0.491. The fourth-order valence-corrected chi connectivity index (χ4v) is 0.738. The summed E-state index contributed by atoms with van der Waals surface area (Å²) < 4.78 is 0. The molecule has 0 rings (SSSR count). The molecule has 0 aromatic rings. The third kappa shape index (κ3) is 4.75. The van der Waals surface area contributed by atoms with Gasteiger partial charge in [0.1, 0.15) is 0 Å². The fourth-order valence-electron chi connectivity index (χ4n) is 0.738. The topological polar surface area (TPSA) is 133 Å². The van der Waals surface area contributed by atoms with Crippen molar-refractivity contribution in [1.29, 1.82) is 0 Å². The van der Waals surface area contributed by atoms with Gasteiger partial charge in [0.25, 0.3) is 0 Å². The van der Waals surface area contributed by atoms with E-state index in [-0.39, 0.29) is 0 Å². The molecule has 0 radical (unpaired) electrons. The standard InChI is InChI=1S/C7H14N2O5/c8-5(1-6(12)13)7(14)9-4(2-10)3-11/h4-5,10-11H,1-3,8H2,(H,9,14)(H,12,13). The molecule has 0 fully saturated rings. The molecule has 1 unspecified atom stereocenters. The first-order valence-corrected chi connectivity index (χ1v) is 4.00. The zero-order valence-electron chi connectivity index (χ0n) is 7.51. The van der Waals surface area contributed by atoms with Gasteiger partial charge in [0.15, 0.2) is 0 Å². The number of amides is 1.